The molecule has 22 heavy (non-hydrogen) atoms. The van der Waals surface area contributed by atoms with Gasteiger partial charge < -0.3 is 16.2 Å². The molecule has 0 aromatic heterocycles. The van der Waals surface area contributed by atoms with E-state index in [4.69, 9.17) is 10.8 Å². The molecule has 2 unspecified atom stereocenters. The molecule has 126 valence electrons. The molecule has 0 fully saturated rings. The fraction of sp³-hybridized carbons (Fsp3) is 0.588. The van der Waals surface area contributed by atoms with Gasteiger partial charge in [0.25, 0.3) is 0 Å². The Balaban J connectivity index is 0.00000441. The van der Waals surface area contributed by atoms with Crippen LogP contribution < -0.4 is 11.1 Å². The Bertz CT molecular complexity index is 412. The molecule has 0 bridgehead atoms. The summed E-state index contributed by atoms with van der Waals surface area (Å²) in [7, 11) is 0. The van der Waals surface area contributed by atoms with Crippen LogP contribution in [0.4, 0.5) is 0 Å². The molecule has 1 aromatic carbocycles. The maximum atomic E-state index is 12.0. The third kappa shape index (κ3) is 8.37. The summed E-state index contributed by atoms with van der Waals surface area (Å²) in [4.78, 5) is 12.0. The third-order valence-electron chi connectivity index (χ3n) is 3.56. The maximum absolute atomic E-state index is 12.0. The molecule has 4 N–H and O–H groups in total. The van der Waals surface area contributed by atoms with Crippen LogP contribution in [0.1, 0.15) is 44.7 Å². The molecular weight excluding hydrogens is 300 g/mol. The van der Waals surface area contributed by atoms with Gasteiger partial charge in [-0.15, -0.1) is 12.4 Å². The van der Waals surface area contributed by atoms with Crippen molar-refractivity contribution in [3.63, 3.8) is 0 Å². The molecule has 0 saturated heterocycles. The van der Waals surface area contributed by atoms with Crippen molar-refractivity contribution in [3.05, 3.63) is 35.9 Å². The molecule has 2 atom stereocenters. The lowest BCUT2D eigenvalue weighted by atomic mass is 9.94. The Morgan fingerprint density at radius 1 is 1.27 bits per heavy atom. The summed E-state index contributed by atoms with van der Waals surface area (Å²) < 4.78 is 0. The first kappa shape index (κ1) is 20.9. The van der Waals surface area contributed by atoms with E-state index in [1.165, 1.54) is 0 Å². The molecule has 0 aliphatic rings. The van der Waals surface area contributed by atoms with Crippen molar-refractivity contribution in [2.45, 2.75) is 39.2 Å². The number of nitrogens with two attached hydrogens (primary N) is 1. The minimum Gasteiger partial charge on any atom is -0.396 e. The van der Waals surface area contributed by atoms with Gasteiger partial charge in [-0.25, -0.2) is 0 Å². The Hall–Kier alpha value is -1.10. The highest BCUT2D eigenvalue weighted by Crippen LogP contribution is 2.15. The summed E-state index contributed by atoms with van der Waals surface area (Å²) in [5.74, 6) is 0.856. The normalized spacial score (nSPS) is 13.3. The van der Waals surface area contributed by atoms with Gasteiger partial charge in [-0.05, 0) is 30.2 Å². The van der Waals surface area contributed by atoms with E-state index < -0.39 is 0 Å². The van der Waals surface area contributed by atoms with Crippen LogP contribution in [0, 0.1) is 11.8 Å². The number of aliphatic hydroxyl groups is 1. The van der Waals surface area contributed by atoms with Gasteiger partial charge in [0.05, 0.1) is 0 Å². The van der Waals surface area contributed by atoms with Gasteiger partial charge in [0.1, 0.15) is 0 Å². The summed E-state index contributed by atoms with van der Waals surface area (Å²) in [6, 6.07) is 9.38. The Kier molecular flexibility index (Phi) is 10.9. The van der Waals surface area contributed by atoms with Crippen LogP contribution in [0.3, 0.4) is 0 Å². The molecule has 0 aliphatic carbocycles. The van der Waals surface area contributed by atoms with Crippen molar-refractivity contribution in [1.29, 1.82) is 0 Å². The molecular formula is C17H29ClN2O2. The first-order valence-electron chi connectivity index (χ1n) is 7.71. The molecule has 0 heterocycles. The standard InChI is InChI=1S/C17H28N2O2.ClH/c1-13(2)10-14(8-9-20)12-19-17(21)11-16(18)15-6-4-3-5-7-15;/h3-7,13-14,16,20H,8-12,18H2,1-2H3,(H,19,21);1H. The maximum Gasteiger partial charge on any atom is 0.221 e. The number of benzene rings is 1. The van der Waals surface area contributed by atoms with Crippen LogP contribution in [0.15, 0.2) is 30.3 Å². The molecule has 4 nitrogen and oxygen atoms in total. The van der Waals surface area contributed by atoms with Gasteiger partial charge >= 0.3 is 0 Å². The second-order valence-electron chi connectivity index (χ2n) is 6.03. The van der Waals surface area contributed by atoms with E-state index in [1.807, 2.05) is 30.3 Å². The Morgan fingerprint density at radius 2 is 1.91 bits per heavy atom. The lowest BCUT2D eigenvalue weighted by Crippen LogP contribution is -2.32. The Labute approximate surface area is 139 Å². The number of rotatable bonds is 9. The van der Waals surface area contributed by atoms with Crippen LogP contribution in [0.25, 0.3) is 0 Å². The van der Waals surface area contributed by atoms with E-state index >= 15 is 0 Å². The van der Waals surface area contributed by atoms with Crippen LogP contribution in [-0.4, -0.2) is 24.2 Å². The van der Waals surface area contributed by atoms with Crippen molar-refractivity contribution in [3.8, 4) is 0 Å². The van der Waals surface area contributed by atoms with Crippen molar-refractivity contribution in [1.82, 2.24) is 5.32 Å². The SMILES string of the molecule is CC(C)CC(CCO)CNC(=O)CC(N)c1ccccc1.Cl. The van der Waals surface area contributed by atoms with E-state index in [9.17, 15) is 4.79 Å². The van der Waals surface area contributed by atoms with Gasteiger partial charge in [-0.1, -0.05) is 44.2 Å². The number of hydrogen-bond acceptors (Lipinski definition) is 3. The summed E-state index contributed by atoms with van der Waals surface area (Å²) in [6.07, 6.45) is 2.02. The summed E-state index contributed by atoms with van der Waals surface area (Å²) >= 11 is 0. The lowest BCUT2D eigenvalue weighted by Gasteiger charge is -2.19. The number of nitrogens with one attached hydrogen (secondary N) is 1. The lowest BCUT2D eigenvalue weighted by molar-refractivity contribution is -0.121. The minimum atomic E-state index is -0.271. The summed E-state index contributed by atoms with van der Waals surface area (Å²) in [5, 5.41) is 12.0. The topological polar surface area (TPSA) is 75.3 Å². The molecule has 5 heteroatoms. The van der Waals surface area contributed by atoms with Crippen molar-refractivity contribution in [2.75, 3.05) is 13.2 Å². The zero-order valence-corrected chi connectivity index (χ0v) is 14.3. The smallest absolute Gasteiger partial charge is 0.221 e. The number of amides is 1. The molecule has 1 aromatic rings. The molecule has 1 rings (SSSR count). The fourth-order valence-corrected chi connectivity index (χ4v) is 2.50. The van der Waals surface area contributed by atoms with E-state index in [0.717, 1.165) is 18.4 Å². The highest BCUT2D eigenvalue weighted by molar-refractivity contribution is 5.85. The van der Waals surface area contributed by atoms with Gasteiger partial charge in [0.2, 0.25) is 5.91 Å². The van der Waals surface area contributed by atoms with Crippen LogP contribution in [-0.2, 0) is 4.79 Å². The number of halogens is 1. The van der Waals surface area contributed by atoms with Crippen LogP contribution in [0.2, 0.25) is 0 Å². The third-order valence-corrected chi connectivity index (χ3v) is 3.56. The second-order valence-corrected chi connectivity index (χ2v) is 6.03. The van der Waals surface area contributed by atoms with Gasteiger partial charge in [-0.3, -0.25) is 4.79 Å². The van der Waals surface area contributed by atoms with Crippen LogP contribution >= 0.6 is 12.4 Å². The highest BCUT2D eigenvalue weighted by atomic mass is 35.5. The minimum absolute atomic E-state index is 0. The zero-order valence-electron chi connectivity index (χ0n) is 13.5. The highest BCUT2D eigenvalue weighted by Gasteiger charge is 2.14. The average molecular weight is 329 g/mol. The number of aliphatic hydroxyl groups excluding tert-OH is 1. The first-order chi connectivity index (χ1) is 10.0. The van der Waals surface area contributed by atoms with E-state index in [1.54, 1.807) is 0 Å². The van der Waals surface area contributed by atoms with Crippen molar-refractivity contribution >= 4 is 18.3 Å². The van der Waals surface area contributed by atoms with E-state index in [0.29, 0.717) is 18.4 Å². The molecule has 0 radical (unpaired) electrons. The first-order valence-corrected chi connectivity index (χ1v) is 7.71. The quantitative estimate of drug-likeness (QED) is 0.652. The Morgan fingerprint density at radius 3 is 2.45 bits per heavy atom. The molecule has 0 aliphatic heterocycles. The number of carbonyl (C=O) groups is 1. The monoisotopic (exact) mass is 328 g/mol. The second kappa shape index (κ2) is 11.5. The van der Waals surface area contributed by atoms with E-state index in [-0.39, 0.29) is 37.4 Å². The zero-order chi connectivity index (χ0) is 15.7. The predicted octanol–water partition coefficient (Wildman–Crippen LogP) is 2.66. The fourth-order valence-electron chi connectivity index (χ4n) is 2.50. The number of hydrogen-bond donors (Lipinski definition) is 3. The largest absolute Gasteiger partial charge is 0.396 e. The van der Waals surface area contributed by atoms with E-state index in [2.05, 4.69) is 19.2 Å². The summed E-state index contributed by atoms with van der Waals surface area (Å²) in [6.45, 7) is 5.07. The van der Waals surface area contributed by atoms with Crippen LogP contribution in [0.5, 0.6) is 0 Å². The number of carbonyl (C=O) groups excluding carboxylic acids is 1. The van der Waals surface area contributed by atoms with Gasteiger partial charge in [-0.2, -0.15) is 0 Å². The molecule has 1 amide bonds. The predicted molar refractivity (Wildman–Crippen MR) is 92.9 cm³/mol. The van der Waals surface area contributed by atoms with Gasteiger partial charge in [0, 0.05) is 25.6 Å². The van der Waals surface area contributed by atoms with Gasteiger partial charge in [0.15, 0.2) is 0 Å². The molecule has 0 saturated carbocycles. The van der Waals surface area contributed by atoms with Crippen molar-refractivity contribution < 1.29 is 9.90 Å². The average Bonchev–Trinajstić information content (AvgIpc) is 2.45. The summed E-state index contributed by atoms with van der Waals surface area (Å²) in [5.41, 5.74) is 7.01. The van der Waals surface area contributed by atoms with Crippen molar-refractivity contribution in [2.24, 2.45) is 17.6 Å². The molecule has 0 spiro atoms.